The minimum absolute atomic E-state index is 0.175. The smallest absolute Gasteiger partial charge is 0.323 e. The first kappa shape index (κ1) is 14.5. The molecular weight excluding hydrogens is 292 g/mol. The molecule has 122 valence electrons. The van der Waals surface area contributed by atoms with E-state index < -0.39 is 5.41 Å². The number of pyridine rings is 1. The topological polar surface area (TPSA) is 88.3 Å². The molecule has 23 heavy (non-hydrogen) atoms. The van der Waals surface area contributed by atoms with Crippen LogP contribution in [0.4, 0.5) is 10.6 Å². The third kappa shape index (κ3) is 2.28. The number of hydrogen-bond acceptors (Lipinski definition) is 3. The maximum atomic E-state index is 12.5. The van der Waals surface area contributed by atoms with Crippen LogP contribution in [0.3, 0.4) is 0 Å². The molecule has 2 fully saturated rings. The lowest BCUT2D eigenvalue weighted by atomic mass is 9.80. The van der Waals surface area contributed by atoms with Gasteiger partial charge in [0.25, 0.3) is 0 Å². The van der Waals surface area contributed by atoms with Gasteiger partial charge in [0, 0.05) is 18.8 Å². The van der Waals surface area contributed by atoms with Gasteiger partial charge in [0.2, 0.25) is 5.91 Å². The van der Waals surface area contributed by atoms with Crippen LogP contribution in [0.1, 0.15) is 36.9 Å². The molecule has 1 aliphatic heterocycles. The molecule has 6 heteroatoms. The Morgan fingerprint density at radius 2 is 2.17 bits per heavy atom. The maximum Gasteiger partial charge on any atom is 0.323 e. The second-order valence-corrected chi connectivity index (χ2v) is 7.08. The summed E-state index contributed by atoms with van der Waals surface area (Å²) >= 11 is 0. The van der Waals surface area contributed by atoms with Crippen LogP contribution in [-0.2, 0) is 17.6 Å². The summed E-state index contributed by atoms with van der Waals surface area (Å²) in [5.74, 6) is 0.547. The number of primary amides is 1. The number of anilines is 1. The summed E-state index contributed by atoms with van der Waals surface area (Å²) in [4.78, 5) is 30.7. The Hall–Kier alpha value is -2.11. The van der Waals surface area contributed by atoms with Crippen molar-refractivity contribution >= 4 is 17.8 Å². The molecule has 2 heterocycles. The van der Waals surface area contributed by atoms with Gasteiger partial charge in [-0.2, -0.15) is 0 Å². The van der Waals surface area contributed by atoms with E-state index in [4.69, 9.17) is 5.73 Å². The molecule has 0 bridgehead atoms. The largest absolute Gasteiger partial charge is 0.369 e. The van der Waals surface area contributed by atoms with Gasteiger partial charge in [-0.25, -0.2) is 9.78 Å². The van der Waals surface area contributed by atoms with Gasteiger partial charge in [-0.05, 0) is 49.7 Å². The normalized spacial score (nSPS) is 28.5. The number of nitrogens with zero attached hydrogens (tertiary/aromatic N) is 2. The predicted octanol–water partition coefficient (Wildman–Crippen LogP) is 1.69. The summed E-state index contributed by atoms with van der Waals surface area (Å²) in [6.07, 6.45) is 5.99. The van der Waals surface area contributed by atoms with E-state index in [-0.39, 0.29) is 17.9 Å². The van der Waals surface area contributed by atoms with E-state index in [9.17, 15) is 9.59 Å². The molecule has 0 radical (unpaired) electrons. The number of carbonyl (C=O) groups is 2. The SMILES string of the molecule is NC(=O)[C@]12CCC[C@H]1CN(C(=O)Nc1ccc3c(n1)CCC3)C2. The molecule has 6 nitrogen and oxygen atoms in total. The summed E-state index contributed by atoms with van der Waals surface area (Å²) in [5, 5.41) is 2.88. The van der Waals surface area contributed by atoms with E-state index in [1.165, 1.54) is 5.56 Å². The van der Waals surface area contributed by atoms with Gasteiger partial charge in [-0.3, -0.25) is 10.1 Å². The highest BCUT2D eigenvalue weighted by Crippen LogP contribution is 2.48. The standard InChI is InChI=1S/C17H22N4O2/c18-15(22)17-8-2-4-12(17)9-21(10-17)16(23)20-14-7-6-11-3-1-5-13(11)19-14/h6-7,12H,1-5,8-10H2,(H2,18,22)(H,19,20,23)/t12-,17-/m0/s1. The molecule has 3 aliphatic rings. The Bertz CT molecular complexity index is 675. The van der Waals surface area contributed by atoms with Crippen LogP contribution < -0.4 is 11.1 Å². The average molecular weight is 314 g/mol. The number of hydrogen-bond donors (Lipinski definition) is 2. The lowest BCUT2D eigenvalue weighted by Gasteiger charge is -2.24. The second kappa shape index (κ2) is 5.22. The predicted molar refractivity (Wildman–Crippen MR) is 85.8 cm³/mol. The first-order valence-corrected chi connectivity index (χ1v) is 8.43. The van der Waals surface area contributed by atoms with Crippen molar-refractivity contribution in [3.8, 4) is 0 Å². The molecule has 1 aromatic rings. The summed E-state index contributed by atoms with van der Waals surface area (Å²) in [7, 11) is 0. The van der Waals surface area contributed by atoms with Crippen molar-refractivity contribution in [3.05, 3.63) is 23.4 Å². The zero-order chi connectivity index (χ0) is 16.0. The molecule has 4 rings (SSSR count). The molecular formula is C17H22N4O2. The van der Waals surface area contributed by atoms with Gasteiger partial charge < -0.3 is 10.6 Å². The maximum absolute atomic E-state index is 12.5. The number of likely N-dealkylation sites (tertiary alicyclic amines) is 1. The quantitative estimate of drug-likeness (QED) is 0.870. The Morgan fingerprint density at radius 3 is 2.96 bits per heavy atom. The summed E-state index contributed by atoms with van der Waals surface area (Å²) in [6.45, 7) is 1.05. The van der Waals surface area contributed by atoms with Crippen LogP contribution in [0.5, 0.6) is 0 Å². The average Bonchev–Trinajstić information content (AvgIpc) is 3.20. The van der Waals surface area contributed by atoms with E-state index in [2.05, 4.69) is 16.4 Å². The van der Waals surface area contributed by atoms with E-state index in [0.29, 0.717) is 18.9 Å². The number of fused-ring (bicyclic) bond motifs is 2. The van der Waals surface area contributed by atoms with Gasteiger partial charge >= 0.3 is 6.03 Å². The van der Waals surface area contributed by atoms with Crippen LogP contribution in [0.2, 0.25) is 0 Å². The van der Waals surface area contributed by atoms with Crippen molar-refractivity contribution in [2.75, 3.05) is 18.4 Å². The molecule has 0 spiro atoms. The molecule has 3 amide bonds. The molecule has 3 N–H and O–H groups in total. The molecule has 0 unspecified atom stereocenters. The summed E-state index contributed by atoms with van der Waals surface area (Å²) in [6, 6.07) is 3.74. The van der Waals surface area contributed by atoms with Crippen molar-refractivity contribution in [2.45, 2.75) is 38.5 Å². The van der Waals surface area contributed by atoms with Crippen molar-refractivity contribution in [1.82, 2.24) is 9.88 Å². The fourth-order valence-electron chi connectivity index (χ4n) is 4.53. The van der Waals surface area contributed by atoms with E-state index in [1.54, 1.807) is 4.90 Å². The molecule has 2 atom stereocenters. The highest BCUT2D eigenvalue weighted by molar-refractivity contribution is 5.90. The lowest BCUT2D eigenvalue weighted by molar-refractivity contribution is -0.128. The van der Waals surface area contributed by atoms with Crippen LogP contribution in [0, 0.1) is 11.3 Å². The third-order valence-corrected chi connectivity index (χ3v) is 5.81. The van der Waals surface area contributed by atoms with Crippen LogP contribution in [0.25, 0.3) is 0 Å². The van der Waals surface area contributed by atoms with Crippen LogP contribution >= 0.6 is 0 Å². The van der Waals surface area contributed by atoms with Crippen molar-refractivity contribution in [3.63, 3.8) is 0 Å². The monoisotopic (exact) mass is 314 g/mol. The summed E-state index contributed by atoms with van der Waals surface area (Å²) in [5.41, 5.74) is 7.51. The molecule has 2 aliphatic carbocycles. The fourth-order valence-corrected chi connectivity index (χ4v) is 4.53. The second-order valence-electron chi connectivity index (χ2n) is 7.08. The highest BCUT2D eigenvalue weighted by Gasteiger charge is 2.54. The number of carbonyl (C=O) groups excluding carboxylic acids is 2. The molecule has 1 saturated heterocycles. The van der Waals surface area contributed by atoms with Crippen molar-refractivity contribution in [1.29, 1.82) is 0 Å². The molecule has 1 aromatic heterocycles. The zero-order valence-corrected chi connectivity index (χ0v) is 13.2. The van der Waals surface area contributed by atoms with Crippen LogP contribution in [-0.4, -0.2) is 34.9 Å². The van der Waals surface area contributed by atoms with E-state index in [1.807, 2.05) is 6.07 Å². The van der Waals surface area contributed by atoms with Gasteiger partial charge in [0.05, 0.1) is 5.41 Å². The minimum Gasteiger partial charge on any atom is -0.369 e. The van der Waals surface area contributed by atoms with Crippen molar-refractivity contribution < 1.29 is 9.59 Å². The Balaban J connectivity index is 1.47. The Labute approximate surface area is 135 Å². The first-order valence-electron chi connectivity index (χ1n) is 8.43. The zero-order valence-electron chi connectivity index (χ0n) is 13.2. The number of aryl methyl sites for hydroxylation is 2. The lowest BCUT2D eigenvalue weighted by Crippen LogP contribution is -2.42. The van der Waals surface area contributed by atoms with Gasteiger partial charge in [-0.1, -0.05) is 12.5 Å². The Kier molecular flexibility index (Phi) is 3.28. The van der Waals surface area contributed by atoms with E-state index in [0.717, 1.165) is 44.2 Å². The molecule has 1 saturated carbocycles. The third-order valence-electron chi connectivity index (χ3n) is 5.81. The molecule has 0 aromatic carbocycles. The van der Waals surface area contributed by atoms with Gasteiger partial charge in [0.1, 0.15) is 5.82 Å². The summed E-state index contributed by atoms with van der Waals surface area (Å²) < 4.78 is 0. The number of nitrogens with two attached hydrogens (primary N) is 1. The van der Waals surface area contributed by atoms with Crippen LogP contribution in [0.15, 0.2) is 12.1 Å². The number of urea groups is 1. The number of rotatable bonds is 2. The first-order chi connectivity index (χ1) is 11.1. The minimum atomic E-state index is -0.511. The Morgan fingerprint density at radius 1 is 1.30 bits per heavy atom. The highest BCUT2D eigenvalue weighted by atomic mass is 16.2. The van der Waals surface area contributed by atoms with Crippen molar-refractivity contribution in [2.24, 2.45) is 17.1 Å². The number of amides is 3. The fraction of sp³-hybridized carbons (Fsp3) is 0.588. The van der Waals surface area contributed by atoms with Gasteiger partial charge in [-0.15, -0.1) is 0 Å². The van der Waals surface area contributed by atoms with E-state index >= 15 is 0 Å². The van der Waals surface area contributed by atoms with Gasteiger partial charge in [0.15, 0.2) is 0 Å². The number of nitrogens with one attached hydrogen (secondary N) is 1. The number of aromatic nitrogens is 1.